The van der Waals surface area contributed by atoms with Crippen molar-refractivity contribution in [3.8, 4) is 0 Å². The summed E-state index contributed by atoms with van der Waals surface area (Å²) in [5.41, 5.74) is -0.507. The molecule has 0 aromatic rings. The minimum atomic E-state index is -0.885. The minimum absolute atomic E-state index is 0.103. The third-order valence-electron chi connectivity index (χ3n) is 2.45. The first-order chi connectivity index (χ1) is 7.38. The molecule has 1 saturated heterocycles. The van der Waals surface area contributed by atoms with E-state index in [0.717, 1.165) is 13.0 Å². The summed E-state index contributed by atoms with van der Waals surface area (Å²) in [6.07, 6.45) is -0.612. The van der Waals surface area contributed by atoms with Crippen molar-refractivity contribution < 1.29 is 13.9 Å². The number of carbonyl (C=O) groups is 1. The van der Waals surface area contributed by atoms with Gasteiger partial charge in [-0.25, -0.2) is 9.18 Å². The molecule has 0 aromatic carbocycles. The number of nitrogens with one attached hydrogen (secondary N) is 2. The number of amides is 1. The molecule has 1 fully saturated rings. The zero-order valence-corrected chi connectivity index (χ0v) is 10.2. The molecule has 1 heterocycles. The quantitative estimate of drug-likeness (QED) is 0.758. The van der Waals surface area contributed by atoms with Gasteiger partial charge in [0.15, 0.2) is 0 Å². The standard InChI is InChI=1S/C11H21FN2O2/c1-11(2,3)16-10(15)14-6-8-4-5-13-7-9(8)12/h8-9,13H,4-7H2,1-3H3,(H,14,15)/t8-,9-/m0/s1. The number of hydrogen-bond donors (Lipinski definition) is 2. The number of alkyl halides is 1. The van der Waals surface area contributed by atoms with Crippen molar-refractivity contribution in [2.24, 2.45) is 5.92 Å². The van der Waals surface area contributed by atoms with E-state index < -0.39 is 17.9 Å². The van der Waals surface area contributed by atoms with E-state index in [1.807, 2.05) is 0 Å². The van der Waals surface area contributed by atoms with Gasteiger partial charge in [-0.05, 0) is 33.7 Å². The fourth-order valence-corrected chi connectivity index (χ4v) is 1.63. The Morgan fingerprint density at radius 3 is 2.81 bits per heavy atom. The number of hydrogen-bond acceptors (Lipinski definition) is 3. The fraction of sp³-hybridized carbons (Fsp3) is 0.909. The van der Waals surface area contributed by atoms with E-state index in [4.69, 9.17) is 4.74 Å². The SMILES string of the molecule is CC(C)(C)OC(=O)NC[C@@H]1CCNC[C@@H]1F. The number of ether oxygens (including phenoxy) is 1. The monoisotopic (exact) mass is 232 g/mol. The number of halogens is 1. The largest absolute Gasteiger partial charge is 0.444 e. The average molecular weight is 232 g/mol. The third kappa shape index (κ3) is 4.79. The Morgan fingerprint density at radius 2 is 2.25 bits per heavy atom. The lowest BCUT2D eigenvalue weighted by Crippen LogP contribution is -2.44. The van der Waals surface area contributed by atoms with Gasteiger partial charge in [0.2, 0.25) is 0 Å². The van der Waals surface area contributed by atoms with E-state index in [1.54, 1.807) is 20.8 Å². The number of carbonyl (C=O) groups excluding carboxylic acids is 1. The maximum atomic E-state index is 13.4. The van der Waals surface area contributed by atoms with Crippen LogP contribution in [-0.4, -0.2) is 37.5 Å². The average Bonchev–Trinajstić information content (AvgIpc) is 2.14. The van der Waals surface area contributed by atoms with Crippen LogP contribution in [0.5, 0.6) is 0 Å². The van der Waals surface area contributed by atoms with Gasteiger partial charge < -0.3 is 15.4 Å². The fourth-order valence-electron chi connectivity index (χ4n) is 1.63. The first kappa shape index (κ1) is 13.2. The molecule has 1 rings (SSSR count). The molecule has 94 valence electrons. The summed E-state index contributed by atoms with van der Waals surface area (Å²) in [6.45, 7) is 6.93. The lowest BCUT2D eigenvalue weighted by atomic mass is 9.96. The lowest BCUT2D eigenvalue weighted by molar-refractivity contribution is 0.0502. The van der Waals surface area contributed by atoms with E-state index in [9.17, 15) is 9.18 Å². The Hall–Kier alpha value is -0.840. The Bertz CT molecular complexity index is 241. The summed E-state index contributed by atoms with van der Waals surface area (Å²) in [4.78, 5) is 11.3. The highest BCUT2D eigenvalue weighted by molar-refractivity contribution is 5.67. The topological polar surface area (TPSA) is 50.4 Å². The molecule has 4 nitrogen and oxygen atoms in total. The summed E-state index contributed by atoms with van der Waals surface area (Å²) in [6, 6.07) is 0. The normalized spacial score (nSPS) is 26.2. The van der Waals surface area contributed by atoms with Crippen molar-refractivity contribution in [3.05, 3.63) is 0 Å². The van der Waals surface area contributed by atoms with Crippen LogP contribution in [0.15, 0.2) is 0 Å². The molecule has 1 aliphatic rings. The highest BCUT2D eigenvalue weighted by atomic mass is 19.1. The summed E-state index contributed by atoms with van der Waals surface area (Å²) in [5, 5.41) is 5.58. The van der Waals surface area contributed by atoms with Crippen molar-refractivity contribution >= 4 is 6.09 Å². The van der Waals surface area contributed by atoms with Crippen molar-refractivity contribution in [2.75, 3.05) is 19.6 Å². The lowest BCUT2D eigenvalue weighted by Gasteiger charge is -2.27. The maximum Gasteiger partial charge on any atom is 0.407 e. The van der Waals surface area contributed by atoms with Gasteiger partial charge in [-0.2, -0.15) is 0 Å². The molecule has 0 aromatic heterocycles. The van der Waals surface area contributed by atoms with E-state index >= 15 is 0 Å². The minimum Gasteiger partial charge on any atom is -0.444 e. The first-order valence-electron chi connectivity index (χ1n) is 5.70. The zero-order chi connectivity index (χ0) is 12.2. The van der Waals surface area contributed by atoms with Crippen molar-refractivity contribution in [1.82, 2.24) is 10.6 Å². The van der Waals surface area contributed by atoms with Gasteiger partial charge in [0, 0.05) is 19.0 Å². The van der Waals surface area contributed by atoms with Crippen LogP contribution in [0, 0.1) is 5.92 Å². The summed E-state index contributed by atoms with van der Waals surface area (Å²) < 4.78 is 18.5. The van der Waals surface area contributed by atoms with Crippen LogP contribution >= 0.6 is 0 Å². The van der Waals surface area contributed by atoms with Gasteiger partial charge in [-0.1, -0.05) is 0 Å². The van der Waals surface area contributed by atoms with Gasteiger partial charge in [0.1, 0.15) is 11.8 Å². The van der Waals surface area contributed by atoms with Gasteiger partial charge in [-0.15, -0.1) is 0 Å². The molecule has 0 radical (unpaired) electrons. The highest BCUT2D eigenvalue weighted by Crippen LogP contribution is 2.15. The van der Waals surface area contributed by atoms with E-state index in [1.165, 1.54) is 0 Å². The smallest absolute Gasteiger partial charge is 0.407 e. The van der Waals surface area contributed by atoms with E-state index in [-0.39, 0.29) is 5.92 Å². The summed E-state index contributed by atoms with van der Waals surface area (Å²) in [7, 11) is 0. The van der Waals surface area contributed by atoms with Crippen LogP contribution < -0.4 is 10.6 Å². The Labute approximate surface area is 95.9 Å². The van der Waals surface area contributed by atoms with Gasteiger partial charge in [0.05, 0.1) is 0 Å². The van der Waals surface area contributed by atoms with Crippen molar-refractivity contribution in [3.63, 3.8) is 0 Å². The molecule has 1 aliphatic heterocycles. The van der Waals surface area contributed by atoms with Crippen LogP contribution in [0.4, 0.5) is 9.18 Å². The molecule has 0 aliphatic carbocycles. The number of rotatable bonds is 2. The second kappa shape index (κ2) is 5.48. The molecule has 0 unspecified atom stereocenters. The highest BCUT2D eigenvalue weighted by Gasteiger charge is 2.25. The van der Waals surface area contributed by atoms with E-state index in [2.05, 4.69) is 10.6 Å². The van der Waals surface area contributed by atoms with Gasteiger partial charge >= 0.3 is 6.09 Å². The molecule has 1 amide bonds. The summed E-state index contributed by atoms with van der Waals surface area (Å²) in [5.74, 6) is -0.103. The second-order valence-electron chi connectivity index (χ2n) is 5.15. The van der Waals surface area contributed by atoms with E-state index in [0.29, 0.717) is 13.1 Å². The number of piperidine rings is 1. The molecule has 16 heavy (non-hydrogen) atoms. The van der Waals surface area contributed by atoms with Gasteiger partial charge in [0.25, 0.3) is 0 Å². The predicted octanol–water partition coefficient (Wildman–Crippen LogP) is 1.46. The Morgan fingerprint density at radius 1 is 1.56 bits per heavy atom. The molecular weight excluding hydrogens is 211 g/mol. The van der Waals surface area contributed by atoms with Crippen LogP contribution in [0.2, 0.25) is 0 Å². The molecule has 0 saturated carbocycles. The van der Waals surface area contributed by atoms with Crippen LogP contribution in [0.1, 0.15) is 27.2 Å². The maximum absolute atomic E-state index is 13.4. The van der Waals surface area contributed by atoms with Crippen molar-refractivity contribution in [1.29, 1.82) is 0 Å². The zero-order valence-electron chi connectivity index (χ0n) is 10.2. The molecule has 2 atom stereocenters. The molecular formula is C11H21FN2O2. The van der Waals surface area contributed by atoms with Crippen LogP contribution in [0.25, 0.3) is 0 Å². The molecule has 0 spiro atoms. The number of alkyl carbamates (subject to hydrolysis) is 1. The van der Waals surface area contributed by atoms with Crippen LogP contribution in [0.3, 0.4) is 0 Å². The van der Waals surface area contributed by atoms with Crippen LogP contribution in [-0.2, 0) is 4.74 Å². The van der Waals surface area contributed by atoms with Crippen molar-refractivity contribution in [2.45, 2.75) is 39.0 Å². The third-order valence-corrected chi connectivity index (χ3v) is 2.45. The Kier molecular flexibility index (Phi) is 4.53. The summed E-state index contributed by atoms with van der Waals surface area (Å²) >= 11 is 0. The predicted molar refractivity (Wildman–Crippen MR) is 60.1 cm³/mol. The molecule has 2 N–H and O–H groups in total. The van der Waals surface area contributed by atoms with Gasteiger partial charge in [-0.3, -0.25) is 0 Å². The first-order valence-corrected chi connectivity index (χ1v) is 5.70. The molecule has 0 bridgehead atoms. The second-order valence-corrected chi connectivity index (χ2v) is 5.15. The molecule has 5 heteroatoms. The Balaban J connectivity index is 2.25.